The lowest BCUT2D eigenvalue weighted by Crippen LogP contribution is -2.45. The number of halogens is 2. The number of hydrogen-bond donors (Lipinski definition) is 0. The number of aryl methyl sites for hydroxylation is 1. The van der Waals surface area contributed by atoms with Crippen LogP contribution in [-0.2, 0) is 11.2 Å². The van der Waals surface area contributed by atoms with Crippen LogP contribution in [0.4, 0.5) is 8.78 Å². The Morgan fingerprint density at radius 3 is 2.68 bits per heavy atom. The number of hydrogen-bond acceptors (Lipinski definition) is 1. The summed E-state index contributed by atoms with van der Waals surface area (Å²) in [5.41, 5.74) is 0.200. The summed E-state index contributed by atoms with van der Waals surface area (Å²) in [4.78, 5) is 14.3. The Morgan fingerprint density at radius 2 is 2.05 bits per heavy atom. The Kier molecular flexibility index (Phi) is 5.20. The third-order valence-electron chi connectivity index (χ3n) is 4.28. The summed E-state index contributed by atoms with van der Waals surface area (Å²) in [5.74, 6) is -0.436. The van der Waals surface area contributed by atoms with E-state index in [9.17, 15) is 13.6 Å². The van der Waals surface area contributed by atoms with Gasteiger partial charge >= 0.3 is 0 Å². The lowest BCUT2D eigenvalue weighted by atomic mass is 9.88. The van der Waals surface area contributed by atoms with Crippen molar-refractivity contribution in [3.8, 4) is 0 Å². The third-order valence-corrected chi connectivity index (χ3v) is 4.28. The molecular weight excluding hydrogens is 284 g/mol. The van der Waals surface area contributed by atoms with Crippen molar-refractivity contribution in [1.29, 1.82) is 0 Å². The molecule has 1 amide bonds. The highest BCUT2D eigenvalue weighted by atomic mass is 19.1. The van der Waals surface area contributed by atoms with Crippen LogP contribution in [0.25, 0.3) is 0 Å². The van der Waals surface area contributed by atoms with E-state index in [4.69, 9.17) is 0 Å². The molecule has 122 valence electrons. The molecule has 0 saturated carbocycles. The maximum absolute atomic E-state index is 13.7. The van der Waals surface area contributed by atoms with E-state index in [1.54, 1.807) is 0 Å². The number of benzene rings is 1. The molecule has 1 heterocycles. The number of likely N-dealkylation sites (tertiary alicyclic amines) is 1. The number of nitrogens with zero attached hydrogens (tertiary/aromatic N) is 1. The van der Waals surface area contributed by atoms with Gasteiger partial charge in [0.05, 0.1) is 0 Å². The number of rotatable bonds is 3. The van der Waals surface area contributed by atoms with Crippen LogP contribution in [0.3, 0.4) is 0 Å². The summed E-state index contributed by atoms with van der Waals surface area (Å²) >= 11 is 0. The van der Waals surface area contributed by atoms with Gasteiger partial charge in [0.1, 0.15) is 11.6 Å². The predicted octanol–water partition coefficient (Wildman–Crippen LogP) is 4.18. The molecule has 0 spiro atoms. The third kappa shape index (κ3) is 4.28. The molecule has 22 heavy (non-hydrogen) atoms. The molecule has 1 unspecified atom stereocenters. The molecule has 1 aliphatic rings. The molecule has 1 aliphatic heterocycles. The molecule has 2 nitrogen and oxygen atoms in total. The summed E-state index contributed by atoms with van der Waals surface area (Å²) < 4.78 is 26.6. The van der Waals surface area contributed by atoms with Crippen LogP contribution in [0.5, 0.6) is 0 Å². The molecule has 1 atom stereocenters. The standard InChI is InChI=1S/C18H25F2NO/c1-18(2,3)17(22)21-10-4-5-13(12-21)6-7-14-8-9-15(19)11-16(14)20/h8-9,11,13H,4-7,10,12H2,1-3H3. The Hall–Kier alpha value is -1.45. The fourth-order valence-corrected chi connectivity index (χ4v) is 3.04. The minimum atomic E-state index is -0.541. The maximum Gasteiger partial charge on any atom is 0.227 e. The molecule has 0 bridgehead atoms. The summed E-state index contributed by atoms with van der Waals surface area (Å²) in [5, 5.41) is 0. The molecule has 1 aromatic carbocycles. The fraction of sp³-hybridized carbons (Fsp3) is 0.611. The van der Waals surface area contributed by atoms with Crippen molar-refractivity contribution in [3.63, 3.8) is 0 Å². The van der Waals surface area contributed by atoms with Gasteiger partial charge in [0.25, 0.3) is 0 Å². The van der Waals surface area contributed by atoms with Crippen molar-refractivity contribution >= 4 is 5.91 Å². The lowest BCUT2D eigenvalue weighted by molar-refractivity contribution is -0.141. The number of piperidine rings is 1. The topological polar surface area (TPSA) is 20.3 Å². The lowest BCUT2D eigenvalue weighted by Gasteiger charge is -2.36. The zero-order valence-corrected chi connectivity index (χ0v) is 13.7. The molecule has 1 saturated heterocycles. The van der Waals surface area contributed by atoms with Gasteiger partial charge in [-0.1, -0.05) is 26.8 Å². The molecule has 2 rings (SSSR count). The Balaban J connectivity index is 1.92. The first kappa shape index (κ1) is 16.9. The average molecular weight is 309 g/mol. The molecule has 4 heteroatoms. The molecule has 0 N–H and O–H groups in total. The highest BCUT2D eigenvalue weighted by Crippen LogP contribution is 2.26. The van der Waals surface area contributed by atoms with E-state index in [-0.39, 0.29) is 11.3 Å². The van der Waals surface area contributed by atoms with Gasteiger partial charge in [0.15, 0.2) is 0 Å². The van der Waals surface area contributed by atoms with Crippen molar-refractivity contribution in [3.05, 3.63) is 35.4 Å². The van der Waals surface area contributed by atoms with Gasteiger partial charge in [-0.15, -0.1) is 0 Å². The molecule has 0 aliphatic carbocycles. The molecular formula is C18H25F2NO. The molecule has 1 fully saturated rings. The summed E-state index contributed by atoms with van der Waals surface area (Å²) in [6.45, 7) is 7.38. The summed E-state index contributed by atoms with van der Waals surface area (Å²) in [6.07, 6.45) is 3.49. The van der Waals surface area contributed by atoms with Crippen molar-refractivity contribution in [2.45, 2.75) is 46.5 Å². The predicted molar refractivity (Wildman–Crippen MR) is 83.4 cm³/mol. The van der Waals surface area contributed by atoms with Gasteiger partial charge < -0.3 is 4.90 Å². The van der Waals surface area contributed by atoms with Gasteiger partial charge in [0.2, 0.25) is 5.91 Å². The monoisotopic (exact) mass is 309 g/mol. The minimum absolute atomic E-state index is 0.185. The zero-order chi connectivity index (χ0) is 16.3. The van der Waals surface area contributed by atoms with Gasteiger partial charge in [-0.25, -0.2) is 8.78 Å². The molecule has 0 aromatic heterocycles. The fourth-order valence-electron chi connectivity index (χ4n) is 3.04. The van der Waals surface area contributed by atoms with Crippen LogP contribution in [0.2, 0.25) is 0 Å². The Labute approximate surface area is 131 Å². The second kappa shape index (κ2) is 6.76. The van der Waals surface area contributed by atoms with E-state index in [1.165, 1.54) is 12.1 Å². The van der Waals surface area contributed by atoms with Crippen LogP contribution >= 0.6 is 0 Å². The highest BCUT2D eigenvalue weighted by Gasteiger charge is 2.30. The van der Waals surface area contributed by atoms with Crippen LogP contribution in [-0.4, -0.2) is 23.9 Å². The van der Waals surface area contributed by atoms with Crippen molar-refractivity contribution < 1.29 is 13.6 Å². The van der Waals surface area contributed by atoms with E-state index in [2.05, 4.69) is 0 Å². The smallest absolute Gasteiger partial charge is 0.227 e. The van der Waals surface area contributed by atoms with E-state index in [1.807, 2.05) is 25.7 Å². The van der Waals surface area contributed by atoms with Crippen LogP contribution in [0.1, 0.15) is 45.6 Å². The van der Waals surface area contributed by atoms with Gasteiger partial charge in [-0.2, -0.15) is 0 Å². The normalized spacial score (nSPS) is 19.3. The van der Waals surface area contributed by atoms with Crippen LogP contribution < -0.4 is 0 Å². The second-order valence-corrected chi connectivity index (χ2v) is 7.28. The zero-order valence-electron chi connectivity index (χ0n) is 13.7. The van der Waals surface area contributed by atoms with E-state index in [0.717, 1.165) is 38.4 Å². The SMILES string of the molecule is CC(C)(C)C(=O)N1CCCC(CCc2ccc(F)cc2F)C1. The number of amides is 1. The second-order valence-electron chi connectivity index (χ2n) is 7.28. The number of carbonyl (C=O) groups is 1. The molecule has 0 radical (unpaired) electrons. The van der Waals surface area contributed by atoms with Gasteiger partial charge in [-0.05, 0) is 43.2 Å². The van der Waals surface area contributed by atoms with Gasteiger partial charge in [-0.3, -0.25) is 4.79 Å². The quantitative estimate of drug-likeness (QED) is 0.820. The van der Waals surface area contributed by atoms with Gasteiger partial charge in [0, 0.05) is 24.6 Å². The minimum Gasteiger partial charge on any atom is -0.342 e. The maximum atomic E-state index is 13.7. The van der Waals surface area contributed by atoms with E-state index < -0.39 is 11.6 Å². The van der Waals surface area contributed by atoms with E-state index in [0.29, 0.717) is 17.9 Å². The Bertz CT molecular complexity index is 536. The first-order chi connectivity index (χ1) is 10.3. The largest absolute Gasteiger partial charge is 0.342 e. The first-order valence-corrected chi connectivity index (χ1v) is 8.00. The van der Waals surface area contributed by atoms with Crippen molar-refractivity contribution in [2.75, 3.05) is 13.1 Å². The van der Waals surface area contributed by atoms with Crippen molar-refractivity contribution in [1.82, 2.24) is 4.90 Å². The molecule has 1 aromatic rings. The summed E-state index contributed by atoms with van der Waals surface area (Å²) in [6, 6.07) is 3.76. The highest BCUT2D eigenvalue weighted by molar-refractivity contribution is 5.81. The van der Waals surface area contributed by atoms with Crippen LogP contribution in [0.15, 0.2) is 18.2 Å². The van der Waals surface area contributed by atoms with Crippen molar-refractivity contribution in [2.24, 2.45) is 11.3 Å². The Morgan fingerprint density at radius 1 is 1.32 bits per heavy atom. The number of carbonyl (C=O) groups excluding carboxylic acids is 1. The van der Waals surface area contributed by atoms with Crippen LogP contribution in [0, 0.1) is 23.0 Å². The van der Waals surface area contributed by atoms with E-state index >= 15 is 0 Å². The average Bonchev–Trinajstić information content (AvgIpc) is 2.45. The summed E-state index contributed by atoms with van der Waals surface area (Å²) in [7, 11) is 0. The first-order valence-electron chi connectivity index (χ1n) is 8.00.